The van der Waals surface area contributed by atoms with E-state index in [1.54, 1.807) is 17.8 Å². The van der Waals surface area contributed by atoms with Crippen LogP contribution in [-0.2, 0) is 0 Å². The summed E-state index contributed by atoms with van der Waals surface area (Å²) >= 11 is 12.0. The molecule has 0 amide bonds. The third-order valence-corrected chi connectivity index (χ3v) is 7.74. The molecule has 3 aromatic rings. The lowest BCUT2D eigenvalue weighted by Crippen LogP contribution is -2.18. The van der Waals surface area contributed by atoms with Gasteiger partial charge in [-0.15, -0.1) is 10.2 Å². The van der Waals surface area contributed by atoms with E-state index in [0.29, 0.717) is 31.2 Å². The van der Waals surface area contributed by atoms with E-state index in [2.05, 4.69) is 75.2 Å². The van der Waals surface area contributed by atoms with Gasteiger partial charge < -0.3 is 15.2 Å². The highest BCUT2D eigenvalue weighted by molar-refractivity contribution is 9.11. The molecule has 2 heterocycles. The number of anilines is 1. The van der Waals surface area contributed by atoms with Crippen molar-refractivity contribution in [3.8, 4) is 22.9 Å². The number of halogens is 3. The molecule has 2 aromatic carbocycles. The molecular formula is C21H19Br3N4O2S. The fraction of sp³-hybridized carbons (Fsp3) is 0.286. The number of fused-ring (bicyclic) bond motifs is 3. The molecule has 162 valence electrons. The van der Waals surface area contributed by atoms with Crippen molar-refractivity contribution in [2.24, 2.45) is 0 Å². The molecule has 0 radical (unpaired) electrons. The van der Waals surface area contributed by atoms with E-state index in [4.69, 9.17) is 4.74 Å². The van der Waals surface area contributed by atoms with Crippen LogP contribution in [0.3, 0.4) is 0 Å². The van der Waals surface area contributed by atoms with E-state index in [9.17, 15) is 5.11 Å². The largest absolute Gasteiger partial charge is 0.506 e. The molecule has 1 aliphatic rings. The van der Waals surface area contributed by atoms with Gasteiger partial charge in [0.25, 0.3) is 0 Å². The van der Waals surface area contributed by atoms with E-state index >= 15 is 0 Å². The highest BCUT2D eigenvalue weighted by atomic mass is 79.9. The maximum Gasteiger partial charge on any atom is 0.247 e. The van der Waals surface area contributed by atoms with Gasteiger partial charge in [0.2, 0.25) is 17.3 Å². The van der Waals surface area contributed by atoms with Crippen molar-refractivity contribution in [1.29, 1.82) is 0 Å². The van der Waals surface area contributed by atoms with E-state index in [-0.39, 0.29) is 5.75 Å². The summed E-state index contributed by atoms with van der Waals surface area (Å²) in [6.07, 6.45) is 2.82. The van der Waals surface area contributed by atoms with Gasteiger partial charge >= 0.3 is 0 Å². The van der Waals surface area contributed by atoms with Crippen LogP contribution in [0.1, 0.15) is 38.0 Å². The Morgan fingerprint density at radius 2 is 1.94 bits per heavy atom. The molecule has 0 saturated heterocycles. The Morgan fingerprint density at radius 1 is 1.13 bits per heavy atom. The lowest BCUT2D eigenvalue weighted by atomic mass is 10.1. The first kappa shape index (κ1) is 22.8. The van der Waals surface area contributed by atoms with Gasteiger partial charge in [-0.2, -0.15) is 4.98 Å². The first-order valence-corrected chi connectivity index (χ1v) is 13.1. The van der Waals surface area contributed by atoms with E-state index in [0.717, 1.165) is 27.9 Å². The van der Waals surface area contributed by atoms with Crippen molar-refractivity contribution < 1.29 is 9.84 Å². The molecule has 1 aliphatic heterocycles. The summed E-state index contributed by atoms with van der Waals surface area (Å²) in [6, 6.07) is 9.58. The lowest BCUT2D eigenvalue weighted by molar-refractivity contribution is 0.223. The van der Waals surface area contributed by atoms with Crippen LogP contribution >= 0.6 is 59.6 Å². The summed E-state index contributed by atoms with van der Waals surface area (Å²) in [5, 5.41) is 23.2. The van der Waals surface area contributed by atoms with Crippen molar-refractivity contribution in [2.45, 2.75) is 37.6 Å². The average molecular weight is 631 g/mol. The second-order valence-electron chi connectivity index (χ2n) is 6.91. The van der Waals surface area contributed by atoms with Gasteiger partial charge in [-0.25, -0.2) is 0 Å². The first-order chi connectivity index (χ1) is 15.0. The SMILES string of the molecule is CCCCCSc1nnc2c(n1)O[C@H](c1c(Br)cc(Br)c(O)c1Br)Nc1ccccc1-2. The van der Waals surface area contributed by atoms with E-state index in [1.807, 2.05) is 24.3 Å². The second kappa shape index (κ2) is 10.1. The highest BCUT2D eigenvalue weighted by Gasteiger charge is 2.30. The molecule has 31 heavy (non-hydrogen) atoms. The predicted molar refractivity (Wildman–Crippen MR) is 134 cm³/mol. The lowest BCUT2D eigenvalue weighted by Gasteiger charge is -2.22. The molecule has 1 atom stereocenters. The second-order valence-corrected chi connectivity index (χ2v) is 10.5. The number of rotatable bonds is 6. The normalized spacial score (nSPS) is 14.8. The van der Waals surface area contributed by atoms with Crippen LogP contribution in [0.4, 0.5) is 5.69 Å². The average Bonchev–Trinajstić information content (AvgIpc) is 2.91. The number of thioether (sulfide) groups is 1. The minimum Gasteiger partial charge on any atom is -0.506 e. The number of ether oxygens (including phenoxy) is 1. The third kappa shape index (κ3) is 4.86. The first-order valence-electron chi connectivity index (χ1n) is 9.76. The smallest absolute Gasteiger partial charge is 0.247 e. The topological polar surface area (TPSA) is 80.2 Å². The number of aromatic hydroxyl groups is 1. The van der Waals surface area contributed by atoms with Gasteiger partial charge in [0, 0.05) is 27.0 Å². The van der Waals surface area contributed by atoms with Crippen LogP contribution < -0.4 is 10.1 Å². The van der Waals surface area contributed by atoms with Gasteiger partial charge in [-0.3, -0.25) is 0 Å². The Hall–Kier alpha value is -1.36. The molecule has 0 bridgehead atoms. The molecule has 10 heteroatoms. The molecule has 2 N–H and O–H groups in total. The maximum absolute atomic E-state index is 10.4. The Balaban J connectivity index is 1.76. The number of aromatic nitrogens is 3. The number of phenols is 1. The van der Waals surface area contributed by atoms with Crippen LogP contribution in [0.25, 0.3) is 11.3 Å². The number of phenolic OH excluding ortho intramolecular Hbond substituents is 1. The predicted octanol–water partition coefficient (Wildman–Crippen LogP) is 7.32. The Morgan fingerprint density at radius 3 is 2.74 bits per heavy atom. The summed E-state index contributed by atoms with van der Waals surface area (Å²) in [7, 11) is 0. The molecule has 4 rings (SSSR count). The molecule has 0 fully saturated rings. The van der Waals surface area contributed by atoms with Gasteiger partial charge in [0.15, 0.2) is 5.69 Å². The van der Waals surface area contributed by atoms with Gasteiger partial charge in [-0.05, 0) is 50.4 Å². The summed E-state index contributed by atoms with van der Waals surface area (Å²) in [6.45, 7) is 2.18. The summed E-state index contributed by atoms with van der Waals surface area (Å²) in [5.74, 6) is 1.43. The zero-order chi connectivity index (χ0) is 22.0. The van der Waals surface area contributed by atoms with Crippen LogP contribution in [0.5, 0.6) is 11.6 Å². The Kier molecular flexibility index (Phi) is 7.40. The zero-order valence-corrected chi connectivity index (χ0v) is 22.1. The van der Waals surface area contributed by atoms with Gasteiger partial charge in [0.1, 0.15) is 5.75 Å². The molecule has 0 spiro atoms. The monoisotopic (exact) mass is 628 g/mol. The van der Waals surface area contributed by atoms with Crippen molar-refractivity contribution >= 4 is 65.2 Å². The van der Waals surface area contributed by atoms with Crippen molar-refractivity contribution in [2.75, 3.05) is 11.1 Å². The minimum atomic E-state index is -0.625. The number of hydrogen-bond donors (Lipinski definition) is 2. The fourth-order valence-electron chi connectivity index (χ4n) is 3.19. The van der Waals surface area contributed by atoms with Gasteiger partial charge in [-0.1, -0.05) is 65.7 Å². The highest BCUT2D eigenvalue weighted by Crippen LogP contribution is 2.46. The van der Waals surface area contributed by atoms with E-state index in [1.165, 1.54) is 12.8 Å². The van der Waals surface area contributed by atoms with Gasteiger partial charge in [0.05, 0.1) is 8.95 Å². The number of nitrogens with one attached hydrogen (secondary N) is 1. The number of benzene rings is 2. The number of para-hydroxylation sites is 1. The summed E-state index contributed by atoms with van der Waals surface area (Å²) in [4.78, 5) is 4.67. The molecule has 0 aliphatic carbocycles. The number of hydrogen-bond acceptors (Lipinski definition) is 7. The molecule has 0 unspecified atom stereocenters. The van der Waals surface area contributed by atoms with Crippen LogP contribution in [0, 0.1) is 0 Å². The summed E-state index contributed by atoms with van der Waals surface area (Å²) < 4.78 is 8.17. The summed E-state index contributed by atoms with van der Waals surface area (Å²) in [5.41, 5.74) is 2.99. The fourth-order valence-corrected chi connectivity index (χ4v) is 6.50. The number of unbranched alkanes of at least 4 members (excludes halogenated alkanes) is 2. The third-order valence-electron chi connectivity index (χ3n) is 4.76. The Bertz CT molecular complexity index is 1120. The molecule has 1 aromatic heterocycles. The van der Waals surface area contributed by atoms with Crippen molar-refractivity contribution in [1.82, 2.24) is 15.2 Å². The van der Waals surface area contributed by atoms with Crippen LogP contribution in [-0.4, -0.2) is 26.0 Å². The zero-order valence-electron chi connectivity index (χ0n) is 16.5. The molecule has 0 saturated carbocycles. The molecule has 6 nitrogen and oxygen atoms in total. The standard InChI is InChI=1S/C21H19Br3N4O2S/c1-2-3-6-9-31-21-26-20-17(27-28-21)11-7-4-5-8-14(11)25-19(30-20)15-12(22)10-13(23)18(29)16(15)24/h4-5,7-8,10,19,25,29H,2-3,6,9H2,1H3/t19-/m1/s1. The van der Waals surface area contributed by atoms with Crippen molar-refractivity contribution in [3.63, 3.8) is 0 Å². The van der Waals surface area contributed by atoms with Crippen LogP contribution in [0.15, 0.2) is 48.9 Å². The Labute approximate surface area is 210 Å². The minimum absolute atomic E-state index is 0.0920. The van der Waals surface area contributed by atoms with Crippen LogP contribution in [0.2, 0.25) is 0 Å². The maximum atomic E-state index is 10.4. The molecular weight excluding hydrogens is 612 g/mol. The van der Waals surface area contributed by atoms with Crippen molar-refractivity contribution in [3.05, 3.63) is 49.3 Å². The number of nitrogens with zero attached hydrogens (tertiary/aromatic N) is 3. The quantitative estimate of drug-likeness (QED) is 0.218. The van der Waals surface area contributed by atoms with E-state index < -0.39 is 6.23 Å².